The number of hydrogen-bond acceptors (Lipinski definition) is 4. The lowest BCUT2D eigenvalue weighted by Gasteiger charge is -2.07. The van der Waals surface area contributed by atoms with Gasteiger partial charge in [0, 0.05) is 18.0 Å². The van der Waals surface area contributed by atoms with Gasteiger partial charge in [-0.25, -0.2) is 4.99 Å². The fourth-order valence-electron chi connectivity index (χ4n) is 2.04. The molecule has 2 heterocycles. The molecule has 7 nitrogen and oxygen atoms in total. The quantitative estimate of drug-likeness (QED) is 0.381. The molecule has 23 heavy (non-hydrogen) atoms. The number of nitrogens with one attached hydrogen (secondary N) is 1. The van der Waals surface area contributed by atoms with Gasteiger partial charge in [-0.1, -0.05) is 12.1 Å². The fourth-order valence-corrected chi connectivity index (χ4v) is 2.04. The average Bonchev–Trinajstić information content (AvgIpc) is 2.96. The highest BCUT2D eigenvalue weighted by atomic mass is 127. The molecule has 0 radical (unpaired) electrons. The maximum absolute atomic E-state index is 5.90. The normalized spacial score (nSPS) is 11.1. The first-order chi connectivity index (χ1) is 10.8. The lowest BCUT2D eigenvalue weighted by molar-refractivity contribution is 0.415. The topological polar surface area (TPSA) is 89.8 Å². The van der Waals surface area contributed by atoms with Gasteiger partial charge in [-0.05, 0) is 24.3 Å². The molecule has 1 aromatic carbocycles. The third-order valence-electron chi connectivity index (χ3n) is 3.12. The van der Waals surface area contributed by atoms with Crippen molar-refractivity contribution in [3.63, 3.8) is 0 Å². The molecule has 0 unspecified atom stereocenters. The van der Waals surface area contributed by atoms with Crippen molar-refractivity contribution in [1.29, 1.82) is 0 Å². The summed E-state index contributed by atoms with van der Waals surface area (Å²) in [7, 11) is 1.62. The average molecular weight is 424 g/mol. The molecule has 0 saturated carbocycles. The Morgan fingerprint density at radius 1 is 1.26 bits per heavy atom. The van der Waals surface area contributed by atoms with Gasteiger partial charge in [0.25, 0.3) is 0 Å². The van der Waals surface area contributed by atoms with Crippen LogP contribution in [0.5, 0.6) is 5.75 Å². The zero-order valence-corrected chi connectivity index (χ0v) is 14.8. The molecule has 0 bridgehead atoms. The number of aromatic nitrogens is 3. The minimum Gasteiger partial charge on any atom is -0.497 e. The highest BCUT2D eigenvalue weighted by molar-refractivity contribution is 14.0. The first-order valence-corrected chi connectivity index (χ1v) is 6.76. The van der Waals surface area contributed by atoms with Crippen LogP contribution < -0.4 is 15.8 Å². The predicted molar refractivity (Wildman–Crippen MR) is 100 cm³/mol. The Balaban J connectivity index is 0.00000192. The molecule has 3 rings (SSSR count). The van der Waals surface area contributed by atoms with Crippen LogP contribution >= 0.6 is 24.0 Å². The summed E-state index contributed by atoms with van der Waals surface area (Å²) >= 11 is 0. The number of hydrogen-bond donors (Lipinski definition) is 2. The Bertz CT molecular complexity index is 816. The molecule has 0 saturated heterocycles. The highest BCUT2D eigenvalue weighted by Gasteiger charge is 2.04. The maximum atomic E-state index is 5.90. The summed E-state index contributed by atoms with van der Waals surface area (Å²) in [6, 6.07) is 13.2. The second-order valence-corrected chi connectivity index (χ2v) is 4.60. The molecule has 120 valence electrons. The van der Waals surface area contributed by atoms with Gasteiger partial charge in [0.2, 0.25) is 0 Å². The molecule has 3 N–H and O–H groups in total. The van der Waals surface area contributed by atoms with E-state index >= 15 is 0 Å². The number of anilines is 1. The Labute approximate surface area is 150 Å². The van der Waals surface area contributed by atoms with Crippen molar-refractivity contribution in [1.82, 2.24) is 14.6 Å². The van der Waals surface area contributed by atoms with Crippen molar-refractivity contribution in [3.05, 3.63) is 54.5 Å². The number of ether oxygens (including phenoxy) is 1. The Morgan fingerprint density at radius 3 is 2.96 bits per heavy atom. The molecule has 0 atom stereocenters. The number of nitrogens with zero attached hydrogens (tertiary/aromatic N) is 4. The van der Waals surface area contributed by atoms with Gasteiger partial charge >= 0.3 is 0 Å². The molecule has 0 aliphatic heterocycles. The van der Waals surface area contributed by atoms with Crippen LogP contribution in [0.15, 0.2) is 53.7 Å². The number of rotatable bonds is 4. The van der Waals surface area contributed by atoms with E-state index in [1.54, 1.807) is 7.11 Å². The van der Waals surface area contributed by atoms with Crippen molar-refractivity contribution in [3.8, 4) is 5.75 Å². The van der Waals surface area contributed by atoms with Crippen molar-refractivity contribution in [2.45, 2.75) is 6.54 Å². The second kappa shape index (κ2) is 7.77. The standard InChI is InChI=1S/C15H16N6O.HI/c1-22-12-6-4-5-11(9-12)18-15(16)17-10-14-20-19-13-7-2-3-8-21(13)14;/h2-9H,10H2,1H3,(H3,16,17,18);1H. The van der Waals surface area contributed by atoms with Crippen LogP contribution in [0.1, 0.15) is 5.82 Å². The van der Waals surface area contributed by atoms with Crippen molar-refractivity contribution >= 4 is 41.3 Å². The predicted octanol–water partition coefficient (Wildman–Crippen LogP) is 2.28. The number of aliphatic imine (C=N–C) groups is 1. The van der Waals surface area contributed by atoms with Crippen LogP contribution in [-0.4, -0.2) is 27.7 Å². The number of halogens is 1. The summed E-state index contributed by atoms with van der Waals surface area (Å²) in [5, 5.41) is 11.2. The molecule has 2 aromatic heterocycles. The smallest absolute Gasteiger partial charge is 0.193 e. The number of fused-ring (bicyclic) bond motifs is 1. The third-order valence-corrected chi connectivity index (χ3v) is 3.12. The van der Waals surface area contributed by atoms with E-state index < -0.39 is 0 Å². The molecule has 0 spiro atoms. The molecule has 8 heteroatoms. The summed E-state index contributed by atoms with van der Waals surface area (Å²) in [6.07, 6.45) is 1.89. The van der Waals surface area contributed by atoms with Gasteiger partial charge in [0.05, 0.1) is 7.11 Å². The van der Waals surface area contributed by atoms with E-state index in [9.17, 15) is 0 Å². The van der Waals surface area contributed by atoms with E-state index in [0.717, 1.165) is 22.9 Å². The van der Waals surface area contributed by atoms with Gasteiger partial charge < -0.3 is 15.8 Å². The summed E-state index contributed by atoms with van der Waals surface area (Å²) < 4.78 is 7.04. The summed E-state index contributed by atoms with van der Waals surface area (Å²) in [6.45, 7) is 0.341. The molecule has 0 aliphatic carbocycles. The van der Waals surface area contributed by atoms with Crippen LogP contribution in [0.4, 0.5) is 5.69 Å². The summed E-state index contributed by atoms with van der Waals surface area (Å²) in [5.74, 6) is 1.79. The third kappa shape index (κ3) is 4.09. The van der Waals surface area contributed by atoms with Crippen molar-refractivity contribution in [2.75, 3.05) is 12.4 Å². The lowest BCUT2D eigenvalue weighted by Crippen LogP contribution is -2.22. The first-order valence-electron chi connectivity index (χ1n) is 6.76. The largest absolute Gasteiger partial charge is 0.497 e. The van der Waals surface area contributed by atoms with E-state index in [1.165, 1.54) is 0 Å². The summed E-state index contributed by atoms with van der Waals surface area (Å²) in [4.78, 5) is 4.29. The van der Waals surface area contributed by atoms with E-state index in [4.69, 9.17) is 10.5 Å². The van der Waals surface area contributed by atoms with Crippen LogP contribution in [0, 0.1) is 0 Å². The van der Waals surface area contributed by atoms with Crippen molar-refractivity contribution in [2.24, 2.45) is 10.7 Å². The maximum Gasteiger partial charge on any atom is 0.193 e. The van der Waals surface area contributed by atoms with Gasteiger partial charge in [-0.3, -0.25) is 4.40 Å². The van der Waals surface area contributed by atoms with Crippen LogP contribution in [0.3, 0.4) is 0 Å². The molecule has 3 aromatic rings. The number of benzene rings is 1. The van der Waals surface area contributed by atoms with E-state index in [1.807, 2.05) is 53.1 Å². The minimum absolute atomic E-state index is 0. The zero-order chi connectivity index (χ0) is 15.4. The van der Waals surface area contributed by atoms with Crippen LogP contribution in [-0.2, 0) is 6.54 Å². The first kappa shape index (κ1) is 17.0. The Kier molecular flexibility index (Phi) is 5.74. The van der Waals surface area contributed by atoms with Gasteiger partial charge in [0.15, 0.2) is 17.4 Å². The Morgan fingerprint density at radius 2 is 2.13 bits per heavy atom. The SMILES string of the molecule is COc1cccc(NC(N)=NCc2nnc3ccccn23)c1.I. The zero-order valence-electron chi connectivity index (χ0n) is 12.5. The van der Waals surface area contributed by atoms with Gasteiger partial charge in [-0.15, -0.1) is 34.2 Å². The number of methoxy groups -OCH3 is 1. The number of nitrogens with two attached hydrogens (primary N) is 1. The van der Waals surface area contributed by atoms with Crippen molar-refractivity contribution < 1.29 is 4.74 Å². The number of pyridine rings is 1. The van der Waals surface area contributed by atoms with E-state index in [2.05, 4.69) is 20.5 Å². The van der Waals surface area contributed by atoms with E-state index in [-0.39, 0.29) is 24.0 Å². The lowest BCUT2D eigenvalue weighted by atomic mass is 10.3. The molecular formula is C15H17IN6O. The van der Waals surface area contributed by atoms with Crippen LogP contribution in [0.2, 0.25) is 0 Å². The number of guanidine groups is 1. The molecule has 0 aliphatic rings. The minimum atomic E-state index is 0. The highest BCUT2D eigenvalue weighted by Crippen LogP contribution is 2.16. The molecule has 0 amide bonds. The van der Waals surface area contributed by atoms with Gasteiger partial charge in [-0.2, -0.15) is 0 Å². The molecular weight excluding hydrogens is 407 g/mol. The van der Waals surface area contributed by atoms with Gasteiger partial charge in [0.1, 0.15) is 12.3 Å². The molecule has 0 fully saturated rings. The van der Waals surface area contributed by atoms with Crippen LogP contribution in [0.25, 0.3) is 5.65 Å². The van der Waals surface area contributed by atoms with E-state index in [0.29, 0.717) is 12.5 Å². The fraction of sp³-hybridized carbons (Fsp3) is 0.133. The second-order valence-electron chi connectivity index (χ2n) is 4.60. The summed E-state index contributed by atoms with van der Waals surface area (Å²) in [5.41, 5.74) is 7.49. The monoisotopic (exact) mass is 424 g/mol. The Hall–Kier alpha value is -2.36.